The molecule has 0 bridgehead atoms. The maximum atomic E-state index is 13.5. The molecule has 1 aliphatic rings. The smallest absolute Gasteiger partial charge is 0.246 e. The van der Waals surface area contributed by atoms with Crippen molar-refractivity contribution in [3.63, 3.8) is 0 Å². The molecule has 2 aromatic rings. The number of nitrogens with zero attached hydrogens (tertiary/aromatic N) is 1. The van der Waals surface area contributed by atoms with Crippen LogP contribution in [0.25, 0.3) is 0 Å². The first-order valence-electron chi connectivity index (χ1n) is 13.0. The Bertz CT molecular complexity index is 955. The molecule has 0 aromatic heterocycles. The highest BCUT2D eigenvalue weighted by atomic mass is 16.2. The Balaban J connectivity index is 1.73. The first-order chi connectivity index (χ1) is 17.3. The molecule has 194 valence electrons. The number of rotatable bonds is 11. The number of hydrogen-bond acceptors (Lipinski definition) is 4. The predicted octanol–water partition coefficient (Wildman–Crippen LogP) is 2.70. The molecule has 3 atom stereocenters. The summed E-state index contributed by atoms with van der Waals surface area (Å²) >= 11 is 0. The molecule has 36 heavy (non-hydrogen) atoms. The van der Waals surface area contributed by atoms with Gasteiger partial charge in [-0.1, -0.05) is 74.5 Å². The normalized spacial score (nSPS) is 17.2. The molecule has 7 heteroatoms. The number of benzene rings is 2. The minimum absolute atomic E-state index is 0.0984. The highest BCUT2D eigenvalue weighted by molar-refractivity contribution is 5.93. The molecule has 1 saturated heterocycles. The molecule has 3 rings (SSSR count). The minimum atomic E-state index is -0.675. The zero-order chi connectivity index (χ0) is 26.1. The van der Waals surface area contributed by atoms with Gasteiger partial charge in [0.05, 0.1) is 6.04 Å². The van der Waals surface area contributed by atoms with Gasteiger partial charge in [-0.3, -0.25) is 14.4 Å². The van der Waals surface area contributed by atoms with Crippen molar-refractivity contribution in [2.24, 2.45) is 5.92 Å². The molecule has 0 radical (unpaired) electrons. The van der Waals surface area contributed by atoms with Gasteiger partial charge in [-0.05, 0) is 56.7 Å². The van der Waals surface area contributed by atoms with E-state index in [-0.39, 0.29) is 29.7 Å². The lowest BCUT2D eigenvalue weighted by Crippen LogP contribution is -2.57. The third kappa shape index (κ3) is 7.40. The Kier molecular flexibility index (Phi) is 10.1. The molecular weight excluding hydrogens is 452 g/mol. The van der Waals surface area contributed by atoms with Crippen molar-refractivity contribution in [2.45, 2.75) is 70.6 Å². The average Bonchev–Trinajstić information content (AvgIpc) is 3.37. The van der Waals surface area contributed by atoms with Crippen LogP contribution in [0.3, 0.4) is 0 Å². The van der Waals surface area contributed by atoms with Crippen LogP contribution in [0.1, 0.15) is 44.7 Å². The van der Waals surface area contributed by atoms with Gasteiger partial charge in [0.2, 0.25) is 17.7 Å². The lowest BCUT2D eigenvalue weighted by Gasteiger charge is -2.32. The van der Waals surface area contributed by atoms with Gasteiger partial charge < -0.3 is 20.9 Å². The zero-order valence-electron chi connectivity index (χ0n) is 21.9. The number of likely N-dealkylation sites (N-methyl/N-ethyl adjacent to an activating group) is 1. The molecule has 2 aromatic carbocycles. The molecule has 1 heterocycles. The molecule has 0 unspecified atom stereocenters. The van der Waals surface area contributed by atoms with Gasteiger partial charge in [0.1, 0.15) is 12.1 Å². The Morgan fingerprint density at radius 2 is 1.44 bits per heavy atom. The van der Waals surface area contributed by atoms with Gasteiger partial charge in [-0.2, -0.15) is 0 Å². The lowest BCUT2D eigenvalue weighted by molar-refractivity contribution is -0.142. The summed E-state index contributed by atoms with van der Waals surface area (Å²) in [6.07, 6.45) is 2.79. The Morgan fingerprint density at radius 1 is 0.889 bits per heavy atom. The van der Waals surface area contributed by atoms with Crippen LogP contribution in [-0.2, 0) is 27.2 Å². The van der Waals surface area contributed by atoms with Crippen molar-refractivity contribution < 1.29 is 14.4 Å². The maximum absolute atomic E-state index is 13.5. The van der Waals surface area contributed by atoms with E-state index in [1.54, 1.807) is 18.9 Å². The molecule has 0 aliphatic carbocycles. The van der Waals surface area contributed by atoms with Crippen LogP contribution >= 0.6 is 0 Å². The van der Waals surface area contributed by atoms with E-state index in [1.807, 2.05) is 50.2 Å². The van der Waals surface area contributed by atoms with E-state index in [0.717, 1.165) is 17.5 Å². The van der Waals surface area contributed by atoms with Crippen LogP contribution < -0.4 is 16.0 Å². The van der Waals surface area contributed by atoms with E-state index in [0.29, 0.717) is 25.8 Å². The molecule has 3 amide bonds. The summed E-state index contributed by atoms with van der Waals surface area (Å²) in [6, 6.07) is 18.5. The SMILES string of the molecule is CN[C@@H](C)C(=O)N[C@H](C(=O)N1CCC[C@H]1C(=O)NC(Cc1ccccc1)Cc1ccccc1)C(C)C. The van der Waals surface area contributed by atoms with Crippen molar-refractivity contribution >= 4 is 17.7 Å². The fraction of sp³-hybridized carbons (Fsp3) is 0.483. The van der Waals surface area contributed by atoms with E-state index in [1.165, 1.54) is 0 Å². The molecular formula is C29H40N4O3. The van der Waals surface area contributed by atoms with Crippen LogP contribution in [0.15, 0.2) is 60.7 Å². The second-order valence-electron chi connectivity index (χ2n) is 10.0. The number of carbonyl (C=O) groups excluding carboxylic acids is 3. The Morgan fingerprint density at radius 3 is 1.94 bits per heavy atom. The van der Waals surface area contributed by atoms with Gasteiger partial charge in [0.15, 0.2) is 0 Å². The first kappa shape index (κ1) is 27.4. The van der Waals surface area contributed by atoms with Gasteiger partial charge in [0, 0.05) is 12.6 Å². The topological polar surface area (TPSA) is 90.5 Å². The highest BCUT2D eigenvalue weighted by Gasteiger charge is 2.39. The van der Waals surface area contributed by atoms with Crippen LogP contribution in [0.2, 0.25) is 0 Å². The summed E-state index contributed by atoms with van der Waals surface area (Å²) in [5.41, 5.74) is 2.30. The Labute approximate surface area is 215 Å². The highest BCUT2D eigenvalue weighted by Crippen LogP contribution is 2.21. The largest absolute Gasteiger partial charge is 0.351 e. The van der Waals surface area contributed by atoms with Crippen molar-refractivity contribution in [3.05, 3.63) is 71.8 Å². The molecule has 0 saturated carbocycles. The number of amides is 3. The number of carbonyl (C=O) groups is 3. The molecule has 0 spiro atoms. The molecule has 1 aliphatic heterocycles. The summed E-state index contributed by atoms with van der Waals surface area (Å²) in [6.45, 7) is 6.09. The molecule has 7 nitrogen and oxygen atoms in total. The van der Waals surface area contributed by atoms with Gasteiger partial charge in [-0.15, -0.1) is 0 Å². The maximum Gasteiger partial charge on any atom is 0.246 e. The summed E-state index contributed by atoms with van der Waals surface area (Å²) in [4.78, 5) is 41.2. The van der Waals surface area contributed by atoms with Gasteiger partial charge >= 0.3 is 0 Å². The third-order valence-corrected chi connectivity index (χ3v) is 6.89. The number of nitrogens with one attached hydrogen (secondary N) is 3. The van der Waals surface area contributed by atoms with E-state index >= 15 is 0 Å². The van der Waals surface area contributed by atoms with Gasteiger partial charge in [0.25, 0.3) is 0 Å². The minimum Gasteiger partial charge on any atom is -0.351 e. The van der Waals surface area contributed by atoms with Crippen molar-refractivity contribution in [1.29, 1.82) is 0 Å². The van der Waals surface area contributed by atoms with E-state index in [2.05, 4.69) is 40.2 Å². The number of likely N-dealkylation sites (tertiary alicyclic amines) is 1. The monoisotopic (exact) mass is 492 g/mol. The summed E-state index contributed by atoms with van der Waals surface area (Å²) in [7, 11) is 1.71. The first-order valence-corrected chi connectivity index (χ1v) is 13.0. The van der Waals surface area contributed by atoms with E-state index < -0.39 is 18.1 Å². The van der Waals surface area contributed by atoms with Crippen LogP contribution in [0.4, 0.5) is 0 Å². The standard InChI is InChI=1S/C29H40N4O3/c1-20(2)26(32-27(34)21(3)30-4)29(36)33-17-11-16-25(33)28(35)31-24(18-22-12-7-5-8-13-22)19-23-14-9-6-10-15-23/h5-10,12-15,20-21,24-26,30H,11,16-19H2,1-4H3,(H,31,35)(H,32,34)/t21-,25-,26-/m0/s1. The number of hydrogen-bond donors (Lipinski definition) is 3. The van der Waals surface area contributed by atoms with E-state index in [4.69, 9.17) is 0 Å². The second-order valence-corrected chi connectivity index (χ2v) is 10.0. The van der Waals surface area contributed by atoms with E-state index in [9.17, 15) is 14.4 Å². The predicted molar refractivity (Wildman–Crippen MR) is 142 cm³/mol. The van der Waals surface area contributed by atoms with Crippen LogP contribution in [-0.4, -0.2) is 60.4 Å². The lowest BCUT2D eigenvalue weighted by atomic mass is 9.98. The summed E-state index contributed by atoms with van der Waals surface area (Å²) in [5.74, 6) is -0.647. The zero-order valence-corrected chi connectivity index (χ0v) is 21.9. The van der Waals surface area contributed by atoms with Crippen molar-refractivity contribution in [3.8, 4) is 0 Å². The molecule has 1 fully saturated rings. The average molecular weight is 493 g/mol. The fourth-order valence-corrected chi connectivity index (χ4v) is 4.67. The summed E-state index contributed by atoms with van der Waals surface area (Å²) in [5, 5.41) is 9.04. The Hall–Kier alpha value is -3.19. The fourth-order valence-electron chi connectivity index (χ4n) is 4.67. The van der Waals surface area contributed by atoms with Crippen molar-refractivity contribution in [2.75, 3.05) is 13.6 Å². The second kappa shape index (κ2) is 13.2. The third-order valence-electron chi connectivity index (χ3n) is 6.89. The van der Waals surface area contributed by atoms with Crippen LogP contribution in [0, 0.1) is 5.92 Å². The van der Waals surface area contributed by atoms with Crippen molar-refractivity contribution in [1.82, 2.24) is 20.9 Å². The molecule has 3 N–H and O–H groups in total. The van der Waals surface area contributed by atoms with Crippen LogP contribution in [0.5, 0.6) is 0 Å². The quantitative estimate of drug-likeness (QED) is 0.450. The summed E-state index contributed by atoms with van der Waals surface area (Å²) < 4.78 is 0. The van der Waals surface area contributed by atoms with Gasteiger partial charge in [-0.25, -0.2) is 0 Å².